The van der Waals surface area contributed by atoms with E-state index < -0.39 is 21.4 Å². The Balaban J connectivity index is 0. The van der Waals surface area contributed by atoms with Gasteiger partial charge in [0.25, 0.3) is 5.69 Å². The molecule has 0 radical (unpaired) electrons. The fourth-order valence-corrected chi connectivity index (χ4v) is 2.49. The van der Waals surface area contributed by atoms with Crippen molar-refractivity contribution < 1.29 is 14.2 Å². The Labute approximate surface area is 196 Å². The Morgan fingerprint density at radius 1 is 0.875 bits per heavy atom. The smallest absolute Gasteiger partial charge is 0.306 e. The molecule has 0 spiro atoms. The Morgan fingerprint density at radius 3 is 1.75 bits per heavy atom. The number of halogens is 3. The number of nitrogens with two attached hydrogens (primary N) is 2. The zero-order valence-electron chi connectivity index (χ0n) is 16.4. The molecular formula is C19H29Cl2FN6O4. The van der Waals surface area contributed by atoms with Gasteiger partial charge < -0.3 is 21.3 Å². The number of nitrogens with zero attached hydrogens (tertiary/aromatic N) is 4. The van der Waals surface area contributed by atoms with Crippen molar-refractivity contribution in [3.63, 3.8) is 0 Å². The molecule has 0 aliphatic carbocycles. The zero-order chi connectivity index (χ0) is 23.2. The number of anilines is 3. The van der Waals surface area contributed by atoms with Crippen molar-refractivity contribution in [3.8, 4) is 0 Å². The average molecular weight is 495 g/mol. The fourth-order valence-electron chi connectivity index (χ4n) is 2.18. The average Bonchev–Trinajstić information content (AvgIpc) is 2.64. The summed E-state index contributed by atoms with van der Waals surface area (Å²) in [6.07, 6.45) is 0. The molecule has 0 unspecified atom stereocenters. The lowest BCUT2D eigenvalue weighted by Crippen LogP contribution is -2.28. The first-order chi connectivity index (χ1) is 13.8. The van der Waals surface area contributed by atoms with Crippen LogP contribution in [0.3, 0.4) is 0 Å². The van der Waals surface area contributed by atoms with E-state index in [4.69, 9.17) is 34.7 Å². The van der Waals surface area contributed by atoms with Crippen LogP contribution in [0, 0.1) is 26.0 Å². The summed E-state index contributed by atoms with van der Waals surface area (Å²) in [7, 11) is 5.68. The van der Waals surface area contributed by atoms with Gasteiger partial charge in [0.1, 0.15) is 5.69 Å². The molecule has 4 N–H and O–H groups in total. The molecule has 0 aromatic heterocycles. The molecule has 0 aliphatic rings. The maximum atomic E-state index is 12.7. The first-order valence-electron chi connectivity index (χ1n) is 8.33. The molecule has 13 heteroatoms. The lowest BCUT2D eigenvalue weighted by atomic mass is 10.2. The number of hydrogen-bond donors (Lipinski definition) is 2. The van der Waals surface area contributed by atoms with Gasteiger partial charge in [0.15, 0.2) is 0 Å². The first kappa shape index (κ1) is 31.3. The summed E-state index contributed by atoms with van der Waals surface area (Å²) in [6.45, 7) is 1.45. The van der Waals surface area contributed by atoms with E-state index in [2.05, 4.69) is 0 Å². The fraction of sp³-hybridized carbons (Fsp3) is 0.368. The van der Waals surface area contributed by atoms with E-state index in [9.17, 15) is 24.6 Å². The SMILES string of the molecule is C.C.CN(C)CCN(C)c1cc(Cl)c(N)cc1[N+](=O)[O-].Nc1cc([N+](=O)[O-])c(F)cc1Cl. The molecule has 0 aliphatic heterocycles. The Hall–Kier alpha value is -2.89. The topological polar surface area (TPSA) is 145 Å². The summed E-state index contributed by atoms with van der Waals surface area (Å²) in [5, 5.41) is 21.4. The van der Waals surface area contributed by atoms with Gasteiger partial charge in [-0.1, -0.05) is 38.1 Å². The Bertz CT molecular complexity index is 947. The predicted octanol–water partition coefficient (Wildman–Crippen LogP) is 5.07. The van der Waals surface area contributed by atoms with Gasteiger partial charge in [-0.15, -0.1) is 0 Å². The standard InChI is InChI=1S/C11H17ClN4O2.C6H4ClFN2O2.2CH4/c1-14(2)4-5-15(3)10-6-8(12)9(13)7-11(10)16(17)18;7-3-1-4(8)6(10(11)12)2-5(3)9;;/h6-7H,4-5,13H2,1-3H3;1-2H,9H2;2*1H4. The second kappa shape index (κ2) is 13.5. The van der Waals surface area contributed by atoms with E-state index in [1.165, 1.54) is 12.1 Å². The maximum absolute atomic E-state index is 12.7. The number of rotatable bonds is 6. The van der Waals surface area contributed by atoms with E-state index in [1.54, 1.807) is 11.9 Å². The summed E-state index contributed by atoms with van der Waals surface area (Å²) in [5.41, 5.74) is 10.8. The lowest BCUT2D eigenvalue weighted by molar-refractivity contribution is -0.387. The van der Waals surface area contributed by atoms with Crippen LogP contribution in [-0.4, -0.2) is 49.0 Å². The molecule has 180 valence electrons. The molecule has 2 aromatic carbocycles. The number of nitrogen functional groups attached to an aromatic ring is 2. The van der Waals surface area contributed by atoms with Gasteiger partial charge in [0.05, 0.1) is 31.3 Å². The summed E-state index contributed by atoms with van der Waals surface area (Å²) < 4.78 is 12.7. The van der Waals surface area contributed by atoms with E-state index in [0.29, 0.717) is 17.3 Å². The zero-order valence-corrected chi connectivity index (χ0v) is 17.9. The molecular weight excluding hydrogens is 466 g/mol. The van der Waals surface area contributed by atoms with Gasteiger partial charge in [-0.25, -0.2) is 0 Å². The van der Waals surface area contributed by atoms with Gasteiger partial charge in [-0.2, -0.15) is 4.39 Å². The van der Waals surface area contributed by atoms with Crippen LogP contribution < -0.4 is 16.4 Å². The van der Waals surface area contributed by atoms with Crippen LogP contribution in [0.5, 0.6) is 0 Å². The van der Waals surface area contributed by atoms with Crippen LogP contribution in [0.1, 0.15) is 14.9 Å². The van der Waals surface area contributed by atoms with E-state index in [1.807, 2.05) is 19.0 Å². The van der Waals surface area contributed by atoms with Gasteiger partial charge in [-0.3, -0.25) is 20.2 Å². The van der Waals surface area contributed by atoms with E-state index in [-0.39, 0.29) is 36.9 Å². The summed E-state index contributed by atoms with van der Waals surface area (Å²) in [6, 6.07) is 4.53. The van der Waals surface area contributed by atoms with Crippen molar-refractivity contribution >= 4 is 51.6 Å². The Morgan fingerprint density at radius 2 is 1.31 bits per heavy atom. The Kier molecular flexibility index (Phi) is 13.2. The third-order valence-corrected chi connectivity index (χ3v) is 4.50. The van der Waals surface area contributed by atoms with Crippen LogP contribution in [-0.2, 0) is 0 Å². The van der Waals surface area contributed by atoms with Crippen molar-refractivity contribution in [2.24, 2.45) is 0 Å². The normalized spacial score (nSPS) is 9.72. The second-order valence-electron chi connectivity index (χ2n) is 6.43. The van der Waals surface area contributed by atoms with Crippen molar-refractivity contribution in [2.75, 3.05) is 50.6 Å². The minimum Gasteiger partial charge on any atom is -0.397 e. The van der Waals surface area contributed by atoms with Crippen LogP contribution in [0.25, 0.3) is 0 Å². The number of likely N-dealkylation sites (N-methyl/N-ethyl adjacent to an activating group) is 2. The number of nitro benzene ring substituents is 2. The second-order valence-corrected chi connectivity index (χ2v) is 7.24. The minimum absolute atomic E-state index is 0. The van der Waals surface area contributed by atoms with Crippen molar-refractivity contribution in [2.45, 2.75) is 14.9 Å². The molecule has 2 aromatic rings. The quantitative estimate of drug-likeness (QED) is 0.321. The van der Waals surface area contributed by atoms with E-state index >= 15 is 0 Å². The molecule has 0 atom stereocenters. The number of nitro groups is 2. The van der Waals surface area contributed by atoms with Crippen LogP contribution in [0.4, 0.5) is 32.8 Å². The van der Waals surface area contributed by atoms with Crippen LogP contribution in [0.2, 0.25) is 10.0 Å². The lowest BCUT2D eigenvalue weighted by Gasteiger charge is -2.21. The van der Waals surface area contributed by atoms with Crippen molar-refractivity contribution in [3.05, 3.63) is 60.4 Å². The molecule has 0 bridgehead atoms. The monoisotopic (exact) mass is 494 g/mol. The summed E-state index contributed by atoms with van der Waals surface area (Å²) in [5.74, 6) is -0.987. The van der Waals surface area contributed by atoms with Crippen LogP contribution in [0.15, 0.2) is 24.3 Å². The van der Waals surface area contributed by atoms with Gasteiger partial charge in [-0.05, 0) is 20.2 Å². The number of benzene rings is 2. The molecule has 0 saturated carbocycles. The molecule has 0 fully saturated rings. The highest BCUT2D eigenvalue weighted by Gasteiger charge is 2.19. The van der Waals surface area contributed by atoms with Crippen molar-refractivity contribution in [1.82, 2.24) is 4.90 Å². The highest BCUT2D eigenvalue weighted by atomic mass is 35.5. The first-order valence-corrected chi connectivity index (χ1v) is 9.08. The summed E-state index contributed by atoms with van der Waals surface area (Å²) in [4.78, 5) is 23.6. The maximum Gasteiger partial charge on any atom is 0.306 e. The van der Waals surface area contributed by atoms with Crippen LogP contribution >= 0.6 is 23.2 Å². The van der Waals surface area contributed by atoms with Gasteiger partial charge in [0, 0.05) is 38.3 Å². The molecule has 2 rings (SSSR count). The third kappa shape index (κ3) is 8.69. The van der Waals surface area contributed by atoms with Gasteiger partial charge in [0.2, 0.25) is 5.82 Å². The molecule has 32 heavy (non-hydrogen) atoms. The minimum atomic E-state index is -0.987. The van der Waals surface area contributed by atoms with Crippen molar-refractivity contribution in [1.29, 1.82) is 0 Å². The third-order valence-electron chi connectivity index (χ3n) is 3.85. The van der Waals surface area contributed by atoms with E-state index in [0.717, 1.165) is 18.7 Å². The highest BCUT2D eigenvalue weighted by molar-refractivity contribution is 6.33. The molecule has 0 amide bonds. The predicted molar refractivity (Wildman–Crippen MR) is 130 cm³/mol. The molecule has 10 nitrogen and oxygen atoms in total. The largest absolute Gasteiger partial charge is 0.397 e. The number of hydrogen-bond acceptors (Lipinski definition) is 8. The molecule has 0 saturated heterocycles. The summed E-state index contributed by atoms with van der Waals surface area (Å²) >= 11 is 11.3. The highest BCUT2D eigenvalue weighted by Crippen LogP contribution is 2.34. The molecule has 0 heterocycles. The van der Waals surface area contributed by atoms with Gasteiger partial charge >= 0.3 is 5.69 Å².